The number of aryl methyl sites for hydroxylation is 1. The number of fused-ring (bicyclic) bond motifs is 1. The van der Waals surface area contributed by atoms with Gasteiger partial charge in [0.2, 0.25) is 11.8 Å². The van der Waals surface area contributed by atoms with Crippen molar-refractivity contribution in [3.63, 3.8) is 0 Å². The molecule has 2 heterocycles. The van der Waals surface area contributed by atoms with E-state index < -0.39 is 0 Å². The lowest BCUT2D eigenvalue weighted by molar-refractivity contribution is 0.414. The number of rotatable bonds is 4. The van der Waals surface area contributed by atoms with Crippen LogP contribution in [-0.2, 0) is 13.0 Å². The number of aromatic nitrogens is 2. The van der Waals surface area contributed by atoms with Gasteiger partial charge < -0.3 is 14.1 Å². The van der Waals surface area contributed by atoms with E-state index in [2.05, 4.69) is 27.2 Å². The molecule has 1 aromatic heterocycles. The van der Waals surface area contributed by atoms with Gasteiger partial charge in [-0.25, -0.2) is 0 Å². The van der Waals surface area contributed by atoms with Gasteiger partial charge in [0.25, 0.3) is 0 Å². The molecule has 2 aromatic carbocycles. The first-order valence-corrected chi connectivity index (χ1v) is 8.13. The zero-order valence-corrected chi connectivity index (χ0v) is 13.6. The monoisotopic (exact) mass is 321 g/mol. The van der Waals surface area contributed by atoms with Crippen LogP contribution in [0.1, 0.15) is 17.9 Å². The normalized spacial score (nSPS) is 13.6. The third kappa shape index (κ3) is 2.85. The molecule has 0 atom stereocenters. The van der Waals surface area contributed by atoms with Gasteiger partial charge in [0.05, 0.1) is 13.7 Å². The van der Waals surface area contributed by atoms with Gasteiger partial charge in [0, 0.05) is 17.8 Å². The number of ether oxygens (including phenoxy) is 1. The molecule has 0 radical (unpaired) electrons. The molecule has 0 spiro atoms. The highest BCUT2D eigenvalue weighted by Gasteiger charge is 2.20. The summed E-state index contributed by atoms with van der Waals surface area (Å²) in [5.41, 5.74) is 3.48. The van der Waals surface area contributed by atoms with Crippen LogP contribution in [0.5, 0.6) is 5.75 Å². The molecular weight excluding hydrogens is 302 g/mol. The van der Waals surface area contributed by atoms with E-state index in [9.17, 15) is 0 Å². The summed E-state index contributed by atoms with van der Waals surface area (Å²) in [6.45, 7) is 1.61. The number of anilines is 1. The van der Waals surface area contributed by atoms with Gasteiger partial charge in [0.15, 0.2) is 0 Å². The van der Waals surface area contributed by atoms with Crippen molar-refractivity contribution in [2.24, 2.45) is 0 Å². The van der Waals surface area contributed by atoms with Crippen LogP contribution in [0.3, 0.4) is 0 Å². The molecule has 4 rings (SSSR count). The lowest BCUT2D eigenvalue weighted by Crippen LogP contribution is -2.28. The highest BCUT2D eigenvalue weighted by molar-refractivity contribution is 5.58. The topological polar surface area (TPSA) is 51.4 Å². The summed E-state index contributed by atoms with van der Waals surface area (Å²) in [5, 5.41) is 8.38. The third-order valence-corrected chi connectivity index (χ3v) is 4.32. The molecule has 0 amide bonds. The fourth-order valence-corrected chi connectivity index (χ4v) is 3.12. The van der Waals surface area contributed by atoms with Gasteiger partial charge >= 0.3 is 0 Å². The van der Waals surface area contributed by atoms with E-state index in [4.69, 9.17) is 9.15 Å². The maximum atomic E-state index is 5.84. The van der Waals surface area contributed by atoms with Crippen molar-refractivity contribution >= 4 is 5.69 Å². The standard InChI is InChI=1S/C19H19N3O2/c1-23-16-9-10-17-15(12-16)8-5-11-22(17)13-18-20-21-19(24-18)14-6-3-2-4-7-14/h2-4,6-7,9-10,12H,5,8,11,13H2,1H3. The number of nitrogens with zero attached hydrogens (tertiary/aromatic N) is 3. The number of hydrogen-bond acceptors (Lipinski definition) is 5. The predicted octanol–water partition coefficient (Wildman–Crippen LogP) is 3.70. The van der Waals surface area contributed by atoms with Gasteiger partial charge in [-0.15, -0.1) is 10.2 Å². The molecule has 0 aliphatic carbocycles. The van der Waals surface area contributed by atoms with Crippen molar-refractivity contribution in [3.05, 3.63) is 60.0 Å². The van der Waals surface area contributed by atoms with Crippen LogP contribution in [0, 0.1) is 0 Å². The first kappa shape index (κ1) is 14.8. The van der Waals surface area contributed by atoms with Crippen LogP contribution in [0.25, 0.3) is 11.5 Å². The highest BCUT2D eigenvalue weighted by Crippen LogP contribution is 2.31. The minimum atomic E-state index is 0.567. The van der Waals surface area contributed by atoms with Crippen molar-refractivity contribution in [1.29, 1.82) is 0 Å². The number of hydrogen-bond donors (Lipinski definition) is 0. The summed E-state index contributed by atoms with van der Waals surface area (Å²) in [7, 11) is 1.70. The van der Waals surface area contributed by atoms with E-state index in [0.29, 0.717) is 18.3 Å². The zero-order chi connectivity index (χ0) is 16.4. The molecule has 0 saturated heterocycles. The second kappa shape index (κ2) is 6.35. The van der Waals surface area contributed by atoms with Crippen molar-refractivity contribution in [3.8, 4) is 17.2 Å². The maximum absolute atomic E-state index is 5.84. The Kier molecular flexibility index (Phi) is 3.91. The summed E-state index contributed by atoms with van der Waals surface area (Å²) >= 11 is 0. The number of benzene rings is 2. The van der Waals surface area contributed by atoms with Crippen LogP contribution in [0.2, 0.25) is 0 Å². The minimum absolute atomic E-state index is 0.567. The van der Waals surface area contributed by atoms with Crippen LogP contribution >= 0.6 is 0 Å². The predicted molar refractivity (Wildman–Crippen MR) is 92.1 cm³/mol. The molecule has 0 bridgehead atoms. The van der Waals surface area contributed by atoms with Crippen LogP contribution in [0.15, 0.2) is 52.9 Å². The lowest BCUT2D eigenvalue weighted by atomic mass is 10.0. The SMILES string of the molecule is COc1ccc2c(c1)CCCN2Cc1nnc(-c2ccccc2)o1. The van der Waals surface area contributed by atoms with E-state index in [1.165, 1.54) is 11.3 Å². The van der Waals surface area contributed by atoms with Gasteiger partial charge in [-0.3, -0.25) is 0 Å². The summed E-state index contributed by atoms with van der Waals surface area (Å²) in [4.78, 5) is 2.29. The first-order chi connectivity index (χ1) is 11.8. The van der Waals surface area contributed by atoms with Crippen LogP contribution < -0.4 is 9.64 Å². The molecule has 0 fully saturated rings. The second-order valence-electron chi connectivity index (χ2n) is 5.89. The Labute approximate surface area is 140 Å². The summed E-state index contributed by atoms with van der Waals surface area (Å²) in [6.07, 6.45) is 2.18. The molecule has 0 saturated carbocycles. The fourth-order valence-electron chi connectivity index (χ4n) is 3.12. The minimum Gasteiger partial charge on any atom is -0.497 e. The van der Waals surface area contributed by atoms with Gasteiger partial charge in [0.1, 0.15) is 5.75 Å². The van der Waals surface area contributed by atoms with E-state index in [0.717, 1.165) is 30.7 Å². The van der Waals surface area contributed by atoms with Gasteiger partial charge in [-0.05, 0) is 48.7 Å². The van der Waals surface area contributed by atoms with Crippen molar-refractivity contribution in [2.45, 2.75) is 19.4 Å². The first-order valence-electron chi connectivity index (χ1n) is 8.13. The Morgan fingerprint density at radius 2 is 2.00 bits per heavy atom. The molecule has 1 aliphatic rings. The lowest BCUT2D eigenvalue weighted by Gasteiger charge is -2.30. The molecule has 24 heavy (non-hydrogen) atoms. The summed E-state index contributed by atoms with van der Waals surface area (Å²) in [6, 6.07) is 16.1. The van der Waals surface area contributed by atoms with Crippen LogP contribution in [-0.4, -0.2) is 23.9 Å². The zero-order valence-electron chi connectivity index (χ0n) is 13.6. The fraction of sp³-hybridized carbons (Fsp3) is 0.263. The highest BCUT2D eigenvalue weighted by atomic mass is 16.5. The van der Waals surface area contributed by atoms with E-state index in [1.54, 1.807) is 7.11 Å². The molecule has 3 aromatic rings. The van der Waals surface area contributed by atoms with E-state index in [1.807, 2.05) is 36.4 Å². The Morgan fingerprint density at radius 3 is 2.83 bits per heavy atom. The van der Waals surface area contributed by atoms with Crippen LogP contribution in [0.4, 0.5) is 5.69 Å². The molecular formula is C19H19N3O2. The molecule has 0 N–H and O–H groups in total. The smallest absolute Gasteiger partial charge is 0.247 e. The molecule has 0 unspecified atom stereocenters. The van der Waals surface area contributed by atoms with E-state index in [-0.39, 0.29) is 0 Å². The molecule has 122 valence electrons. The Balaban J connectivity index is 1.56. The third-order valence-electron chi connectivity index (χ3n) is 4.32. The second-order valence-corrected chi connectivity index (χ2v) is 5.89. The average molecular weight is 321 g/mol. The van der Waals surface area contributed by atoms with Crippen molar-refractivity contribution < 1.29 is 9.15 Å². The molecule has 1 aliphatic heterocycles. The Bertz CT molecular complexity index is 830. The van der Waals surface area contributed by atoms with Gasteiger partial charge in [-0.1, -0.05) is 18.2 Å². The summed E-state index contributed by atoms with van der Waals surface area (Å²) in [5.74, 6) is 2.11. The Morgan fingerprint density at radius 1 is 1.12 bits per heavy atom. The van der Waals surface area contributed by atoms with Crippen molar-refractivity contribution in [1.82, 2.24) is 10.2 Å². The molecule has 5 heteroatoms. The summed E-state index contributed by atoms with van der Waals surface area (Å²) < 4.78 is 11.2. The van der Waals surface area contributed by atoms with Crippen molar-refractivity contribution in [2.75, 3.05) is 18.6 Å². The van der Waals surface area contributed by atoms with E-state index >= 15 is 0 Å². The van der Waals surface area contributed by atoms with Gasteiger partial charge in [-0.2, -0.15) is 0 Å². The average Bonchev–Trinajstić information content (AvgIpc) is 3.11. The number of methoxy groups -OCH3 is 1. The maximum Gasteiger partial charge on any atom is 0.247 e. The largest absolute Gasteiger partial charge is 0.497 e. The molecule has 5 nitrogen and oxygen atoms in total. The quantitative estimate of drug-likeness (QED) is 0.733. The Hall–Kier alpha value is -2.82.